The van der Waals surface area contributed by atoms with Crippen molar-refractivity contribution in [2.45, 2.75) is 19.6 Å². The van der Waals surface area contributed by atoms with Gasteiger partial charge >= 0.3 is 6.18 Å². The van der Waals surface area contributed by atoms with E-state index in [0.717, 1.165) is 28.5 Å². The molecular weight excluding hydrogens is 432 g/mol. The molecule has 0 fully saturated rings. The molecule has 1 N–H and O–H groups in total. The Morgan fingerprint density at radius 2 is 1.97 bits per heavy atom. The summed E-state index contributed by atoms with van der Waals surface area (Å²) >= 11 is 0.973. The number of benzene rings is 1. The van der Waals surface area contributed by atoms with Gasteiger partial charge in [0.05, 0.1) is 28.8 Å². The maximum Gasteiger partial charge on any atom is 0.417 e. The molecule has 1 aromatic carbocycles. The lowest BCUT2D eigenvalue weighted by molar-refractivity contribution is -0.137. The number of anilines is 1. The predicted octanol–water partition coefficient (Wildman–Crippen LogP) is 5.75. The van der Waals surface area contributed by atoms with Crippen LogP contribution in [0.15, 0.2) is 42.0 Å². The van der Waals surface area contributed by atoms with Gasteiger partial charge in [-0.05, 0) is 31.2 Å². The fraction of sp³-hybridized carbons (Fsp3) is 0.238. The van der Waals surface area contributed by atoms with Crippen molar-refractivity contribution in [3.05, 3.63) is 59.1 Å². The first kappa shape index (κ1) is 21.1. The van der Waals surface area contributed by atoms with Crippen LogP contribution in [-0.2, 0) is 12.7 Å². The highest BCUT2D eigenvalue weighted by molar-refractivity contribution is 7.13. The van der Waals surface area contributed by atoms with E-state index in [-0.39, 0.29) is 5.82 Å². The van der Waals surface area contributed by atoms with E-state index >= 15 is 0 Å². The van der Waals surface area contributed by atoms with Crippen LogP contribution < -0.4 is 10.1 Å². The average molecular weight is 450 g/mol. The molecule has 3 aromatic heterocycles. The van der Waals surface area contributed by atoms with Crippen molar-refractivity contribution < 1.29 is 22.3 Å². The third-order valence-electron chi connectivity index (χ3n) is 4.88. The van der Waals surface area contributed by atoms with Crippen molar-refractivity contribution >= 4 is 28.1 Å². The average Bonchev–Trinajstić information content (AvgIpc) is 3.35. The predicted molar refractivity (Wildman–Crippen MR) is 112 cm³/mol. The second kappa shape index (κ2) is 8.18. The minimum absolute atomic E-state index is 0.341. The second-order valence-electron chi connectivity index (χ2n) is 6.86. The van der Waals surface area contributed by atoms with E-state index in [0.29, 0.717) is 46.1 Å². The van der Waals surface area contributed by atoms with Crippen LogP contribution in [0.3, 0.4) is 0 Å². The number of nitrogens with one attached hydrogen (secondary N) is 1. The molecule has 0 amide bonds. The molecule has 0 saturated carbocycles. The standard InChI is InChI=1S/C21H18F4N4OS/c1-12-7-14-17(30-2)4-3-15(22)20(14)29(12)6-5-26-19-9-16(27-11-28-19)18-8-13(10-31-18)21(23,24)25/h3-4,7-11H,5-6H2,1-2H3,(H,26,27,28). The summed E-state index contributed by atoms with van der Waals surface area (Å²) < 4.78 is 60.1. The van der Waals surface area contributed by atoms with Gasteiger partial charge in [0.2, 0.25) is 0 Å². The molecule has 0 saturated heterocycles. The third kappa shape index (κ3) is 4.20. The van der Waals surface area contributed by atoms with Crippen molar-refractivity contribution in [1.29, 1.82) is 0 Å². The van der Waals surface area contributed by atoms with E-state index in [4.69, 9.17) is 4.74 Å². The van der Waals surface area contributed by atoms with Gasteiger partial charge in [0.25, 0.3) is 0 Å². The number of thiophene rings is 1. The Kier molecular flexibility index (Phi) is 5.57. The summed E-state index contributed by atoms with van der Waals surface area (Å²) in [6.45, 7) is 2.77. The minimum Gasteiger partial charge on any atom is -0.496 e. The molecule has 0 aliphatic rings. The van der Waals surface area contributed by atoms with Gasteiger partial charge < -0.3 is 14.6 Å². The number of hydrogen-bond acceptors (Lipinski definition) is 5. The second-order valence-corrected chi connectivity index (χ2v) is 7.77. The van der Waals surface area contributed by atoms with Crippen molar-refractivity contribution in [3.63, 3.8) is 0 Å². The van der Waals surface area contributed by atoms with Crippen molar-refractivity contribution in [1.82, 2.24) is 14.5 Å². The largest absolute Gasteiger partial charge is 0.496 e. The Bertz CT molecular complexity index is 1230. The molecule has 0 spiro atoms. The maximum absolute atomic E-state index is 14.5. The Labute approximate surface area is 179 Å². The Hall–Kier alpha value is -3.14. The van der Waals surface area contributed by atoms with E-state index in [1.165, 1.54) is 12.4 Å². The summed E-state index contributed by atoms with van der Waals surface area (Å²) in [6.07, 6.45) is -3.09. The number of alkyl halides is 3. The van der Waals surface area contributed by atoms with E-state index in [9.17, 15) is 17.6 Å². The van der Waals surface area contributed by atoms with Gasteiger partial charge in [0, 0.05) is 35.6 Å². The highest BCUT2D eigenvalue weighted by atomic mass is 32.1. The lowest BCUT2D eigenvalue weighted by atomic mass is 10.2. The van der Waals surface area contributed by atoms with Crippen LogP contribution in [0.25, 0.3) is 21.5 Å². The first-order chi connectivity index (χ1) is 14.8. The summed E-state index contributed by atoms with van der Waals surface area (Å²) in [5, 5.41) is 4.89. The van der Waals surface area contributed by atoms with Crippen LogP contribution in [0.5, 0.6) is 5.75 Å². The molecule has 4 rings (SSSR count). The van der Waals surface area contributed by atoms with Crippen LogP contribution in [0, 0.1) is 12.7 Å². The molecule has 0 bridgehead atoms. The van der Waals surface area contributed by atoms with Gasteiger partial charge in [-0.2, -0.15) is 13.2 Å². The van der Waals surface area contributed by atoms with Gasteiger partial charge in [0.15, 0.2) is 0 Å². The minimum atomic E-state index is -4.39. The number of fused-ring (bicyclic) bond motifs is 1. The zero-order valence-corrected chi connectivity index (χ0v) is 17.4. The molecule has 0 unspecified atom stereocenters. The Morgan fingerprint density at radius 3 is 2.68 bits per heavy atom. The van der Waals surface area contributed by atoms with Crippen LogP contribution in [0.4, 0.5) is 23.4 Å². The van der Waals surface area contributed by atoms with Crippen LogP contribution >= 0.6 is 11.3 Å². The quantitative estimate of drug-likeness (QED) is 0.380. The van der Waals surface area contributed by atoms with E-state index in [1.54, 1.807) is 19.2 Å². The van der Waals surface area contributed by atoms with Gasteiger partial charge in [0.1, 0.15) is 23.7 Å². The summed E-state index contributed by atoms with van der Waals surface area (Å²) in [6, 6.07) is 7.50. The molecule has 5 nitrogen and oxygen atoms in total. The van der Waals surface area contributed by atoms with Crippen molar-refractivity contribution in [3.8, 4) is 16.3 Å². The summed E-state index contributed by atoms with van der Waals surface area (Å²) in [5.74, 6) is 0.728. The lowest BCUT2D eigenvalue weighted by Crippen LogP contribution is -2.12. The van der Waals surface area contributed by atoms with E-state index < -0.39 is 11.7 Å². The first-order valence-corrected chi connectivity index (χ1v) is 10.2. The van der Waals surface area contributed by atoms with Crippen LogP contribution in [0.2, 0.25) is 0 Å². The first-order valence-electron chi connectivity index (χ1n) is 9.32. The van der Waals surface area contributed by atoms with Gasteiger partial charge in [-0.15, -0.1) is 11.3 Å². The number of methoxy groups -OCH3 is 1. The van der Waals surface area contributed by atoms with Gasteiger partial charge in [-0.3, -0.25) is 0 Å². The van der Waals surface area contributed by atoms with Crippen LogP contribution in [0.1, 0.15) is 11.3 Å². The normalized spacial score (nSPS) is 11.8. The molecular formula is C21H18F4N4OS. The molecule has 0 radical (unpaired) electrons. The van der Waals surface area contributed by atoms with Gasteiger partial charge in [-0.1, -0.05) is 0 Å². The number of rotatable bonds is 6. The molecule has 0 aliphatic heterocycles. The summed E-state index contributed by atoms with van der Waals surface area (Å²) in [5.41, 5.74) is 1.03. The molecule has 0 atom stereocenters. The molecule has 162 valence electrons. The molecule has 0 aliphatic carbocycles. The highest BCUT2D eigenvalue weighted by Crippen LogP contribution is 2.36. The molecule has 4 aromatic rings. The number of aryl methyl sites for hydroxylation is 1. The number of nitrogens with zero attached hydrogens (tertiary/aromatic N) is 3. The third-order valence-corrected chi connectivity index (χ3v) is 5.84. The van der Waals surface area contributed by atoms with Crippen LogP contribution in [-0.4, -0.2) is 28.2 Å². The smallest absolute Gasteiger partial charge is 0.417 e. The number of halogens is 4. The van der Waals surface area contributed by atoms with Gasteiger partial charge in [-0.25, -0.2) is 14.4 Å². The number of hydrogen-bond donors (Lipinski definition) is 1. The Morgan fingerprint density at radius 1 is 1.16 bits per heavy atom. The van der Waals surface area contributed by atoms with E-state index in [1.807, 2.05) is 17.6 Å². The fourth-order valence-electron chi connectivity index (χ4n) is 3.41. The number of ether oxygens (including phenoxy) is 1. The molecule has 31 heavy (non-hydrogen) atoms. The summed E-state index contributed by atoms with van der Waals surface area (Å²) in [7, 11) is 1.54. The monoisotopic (exact) mass is 450 g/mol. The Balaban J connectivity index is 1.51. The topological polar surface area (TPSA) is 52.0 Å². The fourth-order valence-corrected chi connectivity index (χ4v) is 4.29. The lowest BCUT2D eigenvalue weighted by Gasteiger charge is -2.11. The van der Waals surface area contributed by atoms with Crippen molar-refractivity contribution in [2.24, 2.45) is 0 Å². The highest BCUT2D eigenvalue weighted by Gasteiger charge is 2.31. The zero-order chi connectivity index (χ0) is 22.2. The number of aromatic nitrogens is 3. The SMILES string of the molecule is COc1ccc(F)c2c1cc(C)n2CCNc1cc(-c2cc(C(F)(F)F)cs2)ncn1. The van der Waals surface area contributed by atoms with Crippen molar-refractivity contribution in [2.75, 3.05) is 19.0 Å². The molecule has 3 heterocycles. The zero-order valence-electron chi connectivity index (χ0n) is 16.6. The maximum atomic E-state index is 14.5. The summed E-state index contributed by atoms with van der Waals surface area (Å²) in [4.78, 5) is 8.60. The molecule has 10 heteroatoms. The van der Waals surface area contributed by atoms with E-state index in [2.05, 4.69) is 15.3 Å².